The third-order valence-electron chi connectivity index (χ3n) is 5.91. The van der Waals surface area contributed by atoms with Gasteiger partial charge in [-0.2, -0.15) is 0 Å². The van der Waals surface area contributed by atoms with Crippen LogP contribution in [0.3, 0.4) is 0 Å². The van der Waals surface area contributed by atoms with Crippen LogP contribution >= 0.6 is 11.6 Å². The van der Waals surface area contributed by atoms with Crippen LogP contribution in [-0.4, -0.2) is 53.4 Å². The molecule has 0 saturated heterocycles. The summed E-state index contributed by atoms with van der Waals surface area (Å²) in [6, 6.07) is 19.8. The SMILES string of the molecule is COc1ccc(CN2C(=O)c3ccccc3N(CCCN(C(=O)O)C(=O)O)c3cc(Cl)ccc32)cc1. The van der Waals surface area contributed by atoms with Crippen molar-refractivity contribution in [1.82, 2.24) is 4.90 Å². The summed E-state index contributed by atoms with van der Waals surface area (Å²) in [7, 11) is 1.59. The molecule has 3 aromatic rings. The largest absolute Gasteiger partial charge is 0.497 e. The normalized spacial score (nSPS) is 12.4. The zero-order valence-corrected chi connectivity index (χ0v) is 20.2. The number of rotatable bonds is 7. The molecule has 1 aliphatic rings. The highest BCUT2D eigenvalue weighted by atomic mass is 35.5. The van der Waals surface area contributed by atoms with Crippen molar-refractivity contribution in [3.05, 3.63) is 82.9 Å². The van der Waals surface area contributed by atoms with Crippen molar-refractivity contribution < 1.29 is 29.3 Å². The van der Waals surface area contributed by atoms with Gasteiger partial charge in [0.15, 0.2) is 0 Å². The van der Waals surface area contributed by atoms with Gasteiger partial charge in [-0.15, -0.1) is 0 Å². The molecule has 0 bridgehead atoms. The zero-order chi connectivity index (χ0) is 25.8. The van der Waals surface area contributed by atoms with Crippen LogP contribution in [-0.2, 0) is 6.54 Å². The minimum atomic E-state index is -1.54. The molecule has 36 heavy (non-hydrogen) atoms. The summed E-state index contributed by atoms with van der Waals surface area (Å²) >= 11 is 6.36. The number of carbonyl (C=O) groups excluding carboxylic acids is 1. The number of hydrogen-bond acceptors (Lipinski definition) is 5. The van der Waals surface area contributed by atoms with Crippen LogP contribution < -0.4 is 14.5 Å². The Morgan fingerprint density at radius 2 is 1.61 bits per heavy atom. The standard InChI is InChI=1S/C26H24ClN3O6/c1-36-19-10-7-17(8-11-19)16-30-22-12-9-18(27)15-23(22)28(13-4-14-29(25(32)33)26(34)35)21-6-3-2-5-20(21)24(30)31/h2-3,5-12,15H,4,13-14,16H2,1H3,(H,32,33)(H,34,35). The first-order valence-electron chi connectivity index (χ1n) is 11.1. The van der Waals surface area contributed by atoms with Gasteiger partial charge in [0.2, 0.25) is 0 Å². The molecule has 0 saturated carbocycles. The molecule has 186 valence electrons. The maximum absolute atomic E-state index is 13.8. The van der Waals surface area contributed by atoms with Crippen molar-refractivity contribution >= 4 is 46.8 Å². The summed E-state index contributed by atoms with van der Waals surface area (Å²) in [4.78, 5) is 40.2. The van der Waals surface area contributed by atoms with E-state index >= 15 is 0 Å². The second-order valence-electron chi connectivity index (χ2n) is 8.11. The molecule has 0 aromatic heterocycles. The van der Waals surface area contributed by atoms with Crippen molar-refractivity contribution in [2.45, 2.75) is 13.0 Å². The number of anilines is 3. The Bertz CT molecular complexity index is 1280. The molecule has 2 N–H and O–H groups in total. The van der Waals surface area contributed by atoms with E-state index in [1.54, 1.807) is 48.4 Å². The van der Waals surface area contributed by atoms with E-state index in [0.29, 0.717) is 44.8 Å². The number of amides is 3. The van der Waals surface area contributed by atoms with Crippen LogP contribution in [0.5, 0.6) is 5.75 Å². The van der Waals surface area contributed by atoms with E-state index in [2.05, 4.69) is 0 Å². The minimum Gasteiger partial charge on any atom is -0.497 e. The quantitative estimate of drug-likeness (QED) is 0.420. The predicted molar refractivity (Wildman–Crippen MR) is 136 cm³/mol. The highest BCUT2D eigenvalue weighted by Crippen LogP contribution is 2.42. The Kier molecular flexibility index (Phi) is 7.30. The van der Waals surface area contributed by atoms with E-state index in [4.69, 9.17) is 16.3 Å². The third kappa shape index (κ3) is 5.06. The summed E-state index contributed by atoms with van der Waals surface area (Å²) in [6.45, 7) is 0.333. The van der Waals surface area contributed by atoms with E-state index in [1.807, 2.05) is 35.2 Å². The smallest absolute Gasteiger partial charge is 0.416 e. The number of hydrogen-bond donors (Lipinski definition) is 2. The lowest BCUT2D eigenvalue weighted by Crippen LogP contribution is -2.36. The average Bonchev–Trinajstić information content (AvgIpc) is 2.95. The van der Waals surface area contributed by atoms with E-state index in [1.165, 1.54) is 0 Å². The first kappa shape index (κ1) is 24.9. The van der Waals surface area contributed by atoms with Crippen LogP contribution in [0.15, 0.2) is 66.7 Å². The van der Waals surface area contributed by atoms with Gasteiger partial charge in [0.05, 0.1) is 36.3 Å². The molecule has 0 atom stereocenters. The number of nitrogens with zero attached hydrogens (tertiary/aromatic N) is 3. The summed E-state index contributed by atoms with van der Waals surface area (Å²) in [5, 5.41) is 18.8. The molecular weight excluding hydrogens is 486 g/mol. The van der Waals surface area contributed by atoms with Gasteiger partial charge in [0.25, 0.3) is 5.91 Å². The van der Waals surface area contributed by atoms with Gasteiger partial charge in [0.1, 0.15) is 5.75 Å². The second-order valence-corrected chi connectivity index (χ2v) is 8.55. The Hall–Kier alpha value is -4.24. The lowest BCUT2D eigenvalue weighted by atomic mass is 10.1. The monoisotopic (exact) mass is 509 g/mol. The van der Waals surface area contributed by atoms with E-state index in [0.717, 1.165) is 5.56 Å². The van der Waals surface area contributed by atoms with E-state index in [-0.39, 0.29) is 25.4 Å². The van der Waals surface area contributed by atoms with E-state index in [9.17, 15) is 24.6 Å². The number of fused-ring (bicyclic) bond motifs is 2. The van der Waals surface area contributed by atoms with Gasteiger partial charge >= 0.3 is 12.2 Å². The lowest BCUT2D eigenvalue weighted by molar-refractivity contribution is 0.0986. The molecule has 3 aromatic carbocycles. The first-order valence-corrected chi connectivity index (χ1v) is 11.5. The van der Waals surface area contributed by atoms with Gasteiger partial charge in [-0.3, -0.25) is 4.79 Å². The molecule has 0 unspecified atom stereocenters. The van der Waals surface area contributed by atoms with Crippen LogP contribution in [0, 0.1) is 0 Å². The molecule has 0 spiro atoms. The maximum atomic E-state index is 13.8. The Balaban J connectivity index is 1.74. The number of methoxy groups -OCH3 is 1. The molecule has 0 aliphatic carbocycles. The third-order valence-corrected chi connectivity index (χ3v) is 6.15. The predicted octanol–water partition coefficient (Wildman–Crippen LogP) is 5.70. The number of halogens is 1. The maximum Gasteiger partial charge on any atom is 0.416 e. The van der Waals surface area contributed by atoms with Crippen molar-refractivity contribution in [1.29, 1.82) is 0 Å². The number of imide groups is 1. The van der Waals surface area contributed by atoms with Crippen LogP contribution in [0.25, 0.3) is 0 Å². The number of benzene rings is 3. The second kappa shape index (κ2) is 10.6. The minimum absolute atomic E-state index is 0.200. The lowest BCUT2D eigenvalue weighted by Gasteiger charge is -2.28. The summed E-state index contributed by atoms with van der Waals surface area (Å²) < 4.78 is 5.24. The molecule has 4 rings (SSSR count). The Labute approximate surface area is 212 Å². The fourth-order valence-corrected chi connectivity index (χ4v) is 4.35. The number of ether oxygens (including phenoxy) is 1. The first-order chi connectivity index (χ1) is 17.3. The van der Waals surface area contributed by atoms with Crippen LogP contribution in [0.2, 0.25) is 5.02 Å². The molecular formula is C26H24ClN3O6. The van der Waals surface area contributed by atoms with Crippen molar-refractivity contribution in [3.63, 3.8) is 0 Å². The fourth-order valence-electron chi connectivity index (χ4n) is 4.19. The van der Waals surface area contributed by atoms with Crippen molar-refractivity contribution in [2.75, 3.05) is 30.0 Å². The molecule has 0 fully saturated rings. The molecule has 10 heteroatoms. The molecule has 1 heterocycles. The summed E-state index contributed by atoms with van der Waals surface area (Å²) in [5.74, 6) is 0.506. The Morgan fingerprint density at radius 1 is 0.917 bits per heavy atom. The molecule has 1 aliphatic heterocycles. The van der Waals surface area contributed by atoms with Gasteiger partial charge < -0.3 is 24.7 Å². The molecule has 9 nitrogen and oxygen atoms in total. The summed E-state index contributed by atoms with van der Waals surface area (Å²) in [5.41, 5.74) is 3.28. The molecule has 3 amide bonds. The van der Waals surface area contributed by atoms with Crippen LogP contribution in [0.1, 0.15) is 22.3 Å². The fraction of sp³-hybridized carbons (Fsp3) is 0.192. The average molecular weight is 510 g/mol. The Morgan fingerprint density at radius 3 is 2.28 bits per heavy atom. The van der Waals surface area contributed by atoms with Gasteiger partial charge in [-0.25, -0.2) is 14.5 Å². The molecule has 0 radical (unpaired) electrons. The topological polar surface area (TPSA) is 111 Å². The van der Waals surface area contributed by atoms with Crippen molar-refractivity contribution in [3.8, 4) is 5.75 Å². The van der Waals surface area contributed by atoms with Gasteiger partial charge in [0, 0.05) is 18.1 Å². The van der Waals surface area contributed by atoms with Gasteiger partial charge in [-0.1, -0.05) is 35.9 Å². The van der Waals surface area contributed by atoms with E-state index < -0.39 is 12.2 Å². The van der Waals surface area contributed by atoms with Gasteiger partial charge in [-0.05, 0) is 54.4 Å². The zero-order valence-electron chi connectivity index (χ0n) is 19.4. The number of carbonyl (C=O) groups is 3. The summed E-state index contributed by atoms with van der Waals surface area (Å²) in [6.07, 6.45) is -2.88. The highest BCUT2D eigenvalue weighted by molar-refractivity contribution is 6.31. The van der Waals surface area contributed by atoms with Crippen LogP contribution in [0.4, 0.5) is 26.7 Å². The number of para-hydroxylation sites is 1. The highest BCUT2D eigenvalue weighted by Gasteiger charge is 2.31. The number of carboxylic acid groups (broad SMARTS) is 2. The van der Waals surface area contributed by atoms with Crippen molar-refractivity contribution in [2.24, 2.45) is 0 Å².